The fraction of sp³-hybridized carbons (Fsp3) is 0.516. The summed E-state index contributed by atoms with van der Waals surface area (Å²) in [6.07, 6.45) is 11.3. The number of halogens is 1. The number of carbonyl (C=O) groups is 2. The van der Waals surface area contributed by atoms with Crippen LogP contribution in [0.2, 0.25) is 0 Å². The first kappa shape index (κ1) is 25.2. The number of hydrogen-bond donors (Lipinski definition) is 2. The number of ether oxygens (including phenoxy) is 1. The van der Waals surface area contributed by atoms with Crippen LogP contribution < -0.4 is 5.32 Å². The number of carboxylic acid groups (broad SMARTS) is 1. The van der Waals surface area contributed by atoms with Crippen LogP contribution in [0.3, 0.4) is 0 Å². The Hall–Kier alpha value is -3.06. The maximum absolute atomic E-state index is 13.9. The first-order valence-electron chi connectivity index (χ1n) is 13.8. The van der Waals surface area contributed by atoms with Crippen molar-refractivity contribution in [1.29, 1.82) is 0 Å². The van der Waals surface area contributed by atoms with E-state index >= 15 is 0 Å². The number of aryl methyl sites for hydroxylation is 1. The second-order valence-electron chi connectivity index (χ2n) is 11.9. The molecule has 4 atom stereocenters. The highest BCUT2D eigenvalue weighted by atomic mass is 19.1. The summed E-state index contributed by atoms with van der Waals surface area (Å²) in [4.78, 5) is 29.1. The Morgan fingerprint density at radius 2 is 1.97 bits per heavy atom. The van der Waals surface area contributed by atoms with Gasteiger partial charge in [0.15, 0.2) is 0 Å². The lowest BCUT2D eigenvalue weighted by Crippen LogP contribution is -2.46. The summed E-state index contributed by atoms with van der Waals surface area (Å²) in [6.45, 7) is 3.27. The minimum Gasteiger partial charge on any atom is -0.481 e. The molecule has 6 nitrogen and oxygen atoms in total. The number of amides is 1. The average Bonchev–Trinajstić information content (AvgIpc) is 3.29. The summed E-state index contributed by atoms with van der Waals surface area (Å²) in [5.74, 6) is 0.153. The number of hydrogen-bond acceptors (Lipinski definition) is 4. The highest BCUT2D eigenvalue weighted by Gasteiger charge is 2.52. The lowest BCUT2D eigenvalue weighted by Gasteiger charge is -2.50. The van der Waals surface area contributed by atoms with Crippen LogP contribution in [0.5, 0.6) is 0 Å². The molecule has 1 aliphatic heterocycles. The van der Waals surface area contributed by atoms with E-state index in [0.717, 1.165) is 37.7 Å². The van der Waals surface area contributed by atoms with E-state index in [1.54, 1.807) is 12.3 Å². The van der Waals surface area contributed by atoms with Crippen LogP contribution in [0, 0.1) is 28.5 Å². The number of rotatable bonds is 5. The molecular formula is C31H35FN2O4. The molecule has 2 aromatic rings. The van der Waals surface area contributed by atoms with Gasteiger partial charge in [-0.1, -0.05) is 19.1 Å². The summed E-state index contributed by atoms with van der Waals surface area (Å²) in [7, 11) is 0. The van der Waals surface area contributed by atoms with E-state index in [4.69, 9.17) is 4.74 Å². The molecule has 0 spiro atoms. The SMILES string of the molecule is C[C@]12CCC3c4ccc(C(=O)NCC5(C(=O)O)CCOCC5)cc4CCC3C1CC=C2c1cncc(F)c1. The van der Waals surface area contributed by atoms with E-state index in [0.29, 0.717) is 49.4 Å². The minimum atomic E-state index is -0.958. The third-order valence-electron chi connectivity index (χ3n) is 10.1. The van der Waals surface area contributed by atoms with Crippen molar-refractivity contribution in [3.8, 4) is 0 Å². The molecular weight excluding hydrogens is 483 g/mol. The van der Waals surface area contributed by atoms with Crippen molar-refractivity contribution in [3.05, 3.63) is 70.8 Å². The topological polar surface area (TPSA) is 88.5 Å². The van der Waals surface area contributed by atoms with Crippen molar-refractivity contribution in [2.75, 3.05) is 19.8 Å². The van der Waals surface area contributed by atoms with Crippen LogP contribution in [0.25, 0.3) is 5.57 Å². The van der Waals surface area contributed by atoms with E-state index in [9.17, 15) is 19.1 Å². The minimum absolute atomic E-state index is 0.0260. The summed E-state index contributed by atoms with van der Waals surface area (Å²) >= 11 is 0. The summed E-state index contributed by atoms with van der Waals surface area (Å²) in [5.41, 5.74) is 4.41. The summed E-state index contributed by atoms with van der Waals surface area (Å²) in [6, 6.07) is 7.66. The van der Waals surface area contributed by atoms with Crippen molar-refractivity contribution in [3.63, 3.8) is 0 Å². The Labute approximate surface area is 222 Å². The molecule has 3 unspecified atom stereocenters. The van der Waals surface area contributed by atoms with E-state index in [1.165, 1.54) is 22.9 Å². The van der Waals surface area contributed by atoms with Crippen molar-refractivity contribution < 1.29 is 23.8 Å². The predicted octanol–water partition coefficient (Wildman–Crippen LogP) is 5.38. The highest BCUT2D eigenvalue weighted by molar-refractivity contribution is 5.95. The van der Waals surface area contributed by atoms with Gasteiger partial charge in [0, 0.05) is 31.5 Å². The molecule has 38 heavy (non-hydrogen) atoms. The Bertz CT molecular complexity index is 1300. The van der Waals surface area contributed by atoms with Gasteiger partial charge in [-0.3, -0.25) is 14.6 Å². The maximum Gasteiger partial charge on any atom is 0.311 e. The number of carbonyl (C=O) groups excluding carboxylic acids is 1. The fourth-order valence-corrected chi connectivity index (χ4v) is 7.88. The normalized spacial score (nSPS) is 29.4. The zero-order chi connectivity index (χ0) is 26.5. The fourth-order valence-electron chi connectivity index (χ4n) is 7.88. The predicted molar refractivity (Wildman–Crippen MR) is 141 cm³/mol. The third kappa shape index (κ3) is 4.15. The van der Waals surface area contributed by atoms with Gasteiger partial charge in [-0.05, 0) is 109 Å². The number of nitrogens with one attached hydrogen (secondary N) is 1. The number of aliphatic carboxylic acids is 1. The molecule has 2 N–H and O–H groups in total. The van der Waals surface area contributed by atoms with Gasteiger partial charge in [0.1, 0.15) is 5.82 Å². The number of benzene rings is 1. The molecule has 6 rings (SSSR count). The smallest absolute Gasteiger partial charge is 0.311 e. The molecule has 4 aliphatic rings. The summed E-state index contributed by atoms with van der Waals surface area (Å²) < 4.78 is 19.3. The van der Waals surface area contributed by atoms with Gasteiger partial charge in [0.05, 0.1) is 11.6 Å². The molecule has 1 aromatic heterocycles. The largest absolute Gasteiger partial charge is 0.481 e. The van der Waals surface area contributed by atoms with Crippen LogP contribution >= 0.6 is 0 Å². The van der Waals surface area contributed by atoms with Crippen molar-refractivity contribution in [2.45, 2.75) is 57.8 Å². The van der Waals surface area contributed by atoms with E-state index in [1.807, 2.05) is 12.1 Å². The zero-order valence-electron chi connectivity index (χ0n) is 21.8. The average molecular weight is 519 g/mol. The standard InChI is InChI=1S/C31H35FN2O4/c1-30-9-8-24-23-4-3-20(28(35)34-18-31(29(36)37)10-12-38-13-11-31)14-19(23)2-5-25(24)27(30)7-6-26(30)21-15-22(32)17-33-16-21/h3-4,6,14-17,24-25,27H,2,5,7-13,18H2,1H3,(H,34,35)(H,36,37)/t24?,25?,27?,30-/m1/s1. The van der Waals surface area contributed by atoms with Crippen molar-refractivity contribution in [2.24, 2.45) is 22.7 Å². The number of pyridine rings is 1. The number of allylic oxidation sites excluding steroid dienone is 2. The number of carboxylic acids is 1. The van der Waals surface area contributed by atoms with Crippen LogP contribution in [0.1, 0.15) is 78.4 Å². The monoisotopic (exact) mass is 518 g/mol. The number of aromatic nitrogens is 1. The molecule has 0 radical (unpaired) electrons. The molecule has 1 amide bonds. The first-order chi connectivity index (χ1) is 18.3. The Morgan fingerprint density at radius 1 is 1.16 bits per heavy atom. The van der Waals surface area contributed by atoms with Gasteiger partial charge in [-0.2, -0.15) is 0 Å². The quantitative estimate of drug-likeness (QED) is 0.555. The van der Waals surface area contributed by atoms with E-state index < -0.39 is 11.4 Å². The van der Waals surface area contributed by atoms with Gasteiger partial charge in [-0.15, -0.1) is 0 Å². The van der Waals surface area contributed by atoms with Gasteiger partial charge in [-0.25, -0.2) is 4.39 Å². The molecule has 2 fully saturated rings. The van der Waals surface area contributed by atoms with Crippen LogP contribution in [0.15, 0.2) is 42.7 Å². The number of fused-ring (bicyclic) bond motifs is 5. The Morgan fingerprint density at radius 3 is 2.74 bits per heavy atom. The Kier molecular flexibility index (Phi) is 6.37. The van der Waals surface area contributed by atoms with Gasteiger partial charge in [0.2, 0.25) is 0 Å². The molecule has 1 saturated carbocycles. The third-order valence-corrected chi connectivity index (χ3v) is 10.1. The first-order valence-corrected chi connectivity index (χ1v) is 13.8. The molecule has 1 saturated heterocycles. The maximum atomic E-state index is 13.9. The molecule has 200 valence electrons. The second-order valence-corrected chi connectivity index (χ2v) is 11.9. The van der Waals surface area contributed by atoms with Crippen LogP contribution in [-0.2, 0) is 16.0 Å². The van der Waals surface area contributed by atoms with Gasteiger partial charge >= 0.3 is 5.97 Å². The van der Waals surface area contributed by atoms with E-state index in [2.05, 4.69) is 29.4 Å². The molecule has 2 heterocycles. The van der Waals surface area contributed by atoms with Crippen LogP contribution in [-0.4, -0.2) is 41.7 Å². The van der Waals surface area contributed by atoms with Crippen molar-refractivity contribution >= 4 is 17.4 Å². The molecule has 0 bridgehead atoms. The lowest BCUT2D eigenvalue weighted by atomic mass is 9.54. The molecule has 7 heteroatoms. The highest BCUT2D eigenvalue weighted by Crippen LogP contribution is 2.63. The number of nitrogens with zero attached hydrogens (tertiary/aromatic N) is 1. The van der Waals surface area contributed by atoms with Gasteiger partial charge < -0.3 is 15.2 Å². The molecule has 1 aromatic carbocycles. The lowest BCUT2D eigenvalue weighted by molar-refractivity contribution is -0.154. The second kappa shape index (κ2) is 9.60. The zero-order valence-corrected chi connectivity index (χ0v) is 21.8. The summed E-state index contributed by atoms with van der Waals surface area (Å²) in [5, 5.41) is 12.7. The van der Waals surface area contributed by atoms with Gasteiger partial charge in [0.25, 0.3) is 5.91 Å². The van der Waals surface area contributed by atoms with Crippen LogP contribution in [0.4, 0.5) is 4.39 Å². The Balaban J connectivity index is 1.17. The van der Waals surface area contributed by atoms with Crippen molar-refractivity contribution in [1.82, 2.24) is 10.3 Å². The molecule has 3 aliphatic carbocycles. The van der Waals surface area contributed by atoms with E-state index in [-0.39, 0.29) is 23.7 Å².